The van der Waals surface area contributed by atoms with E-state index in [1.807, 2.05) is 61.5 Å². The molecule has 3 unspecified atom stereocenters. The predicted octanol–water partition coefficient (Wildman–Crippen LogP) is 4.03. The first-order chi connectivity index (χ1) is 15.4. The molecule has 2 aromatic rings. The van der Waals surface area contributed by atoms with Crippen LogP contribution >= 0.6 is 0 Å². The van der Waals surface area contributed by atoms with Gasteiger partial charge in [0.2, 0.25) is 6.23 Å². The Kier molecular flexibility index (Phi) is 4.62. The number of anilines is 1. The Balaban J connectivity index is 1.50. The Morgan fingerprint density at radius 2 is 1.72 bits per heavy atom. The number of benzene rings is 2. The van der Waals surface area contributed by atoms with Crippen LogP contribution in [-0.2, 0) is 20.7 Å². The lowest BCUT2D eigenvalue weighted by Crippen LogP contribution is -2.36. The van der Waals surface area contributed by atoms with Crippen molar-refractivity contribution in [2.24, 2.45) is 5.92 Å². The SMILES string of the molecule is CC1=C(C)C(O/C=C2/C(=O)N(C(=O)O)C3c4ccccc4CC23)N(c2ccccc2)C1=O. The number of hydrogen-bond acceptors (Lipinski definition) is 4. The summed E-state index contributed by atoms with van der Waals surface area (Å²) < 4.78 is 6.06. The lowest BCUT2D eigenvalue weighted by Gasteiger charge is -2.26. The number of nitrogens with zero attached hydrogens (tertiary/aromatic N) is 2. The summed E-state index contributed by atoms with van der Waals surface area (Å²) in [5.41, 5.74) is 4.22. The molecule has 2 heterocycles. The van der Waals surface area contributed by atoms with Crippen LogP contribution in [0.5, 0.6) is 0 Å². The van der Waals surface area contributed by atoms with Crippen molar-refractivity contribution >= 4 is 23.6 Å². The second-order valence-electron chi connectivity index (χ2n) is 8.29. The number of ether oxygens (including phenoxy) is 1. The van der Waals surface area contributed by atoms with E-state index in [1.54, 1.807) is 11.8 Å². The first kappa shape index (κ1) is 20.1. The van der Waals surface area contributed by atoms with Gasteiger partial charge in [0.15, 0.2) is 0 Å². The van der Waals surface area contributed by atoms with Crippen molar-refractivity contribution in [2.45, 2.75) is 32.5 Å². The largest absolute Gasteiger partial charge is 0.473 e. The van der Waals surface area contributed by atoms with Gasteiger partial charge in [0.05, 0.1) is 17.9 Å². The molecular weight excluding hydrogens is 408 g/mol. The van der Waals surface area contributed by atoms with Gasteiger partial charge in [0.1, 0.15) is 0 Å². The van der Waals surface area contributed by atoms with Crippen LogP contribution in [0.15, 0.2) is 77.6 Å². The average molecular weight is 430 g/mol. The van der Waals surface area contributed by atoms with Gasteiger partial charge in [-0.2, -0.15) is 0 Å². The third-order valence-electron chi connectivity index (χ3n) is 6.64. The van der Waals surface area contributed by atoms with Crippen molar-refractivity contribution in [3.8, 4) is 0 Å². The summed E-state index contributed by atoms with van der Waals surface area (Å²) in [5, 5.41) is 9.73. The van der Waals surface area contributed by atoms with Crippen molar-refractivity contribution in [2.75, 3.05) is 4.90 Å². The zero-order valence-corrected chi connectivity index (χ0v) is 17.7. The normalized spacial score (nSPS) is 25.6. The van der Waals surface area contributed by atoms with Crippen LogP contribution in [0.1, 0.15) is 31.0 Å². The molecule has 2 aliphatic heterocycles. The summed E-state index contributed by atoms with van der Waals surface area (Å²) in [6, 6.07) is 16.2. The van der Waals surface area contributed by atoms with E-state index in [2.05, 4.69) is 0 Å². The lowest BCUT2D eigenvalue weighted by molar-refractivity contribution is -0.124. The van der Waals surface area contributed by atoms with Crippen LogP contribution < -0.4 is 4.90 Å². The van der Waals surface area contributed by atoms with Gasteiger partial charge in [-0.25, -0.2) is 9.69 Å². The Morgan fingerprint density at radius 3 is 2.44 bits per heavy atom. The van der Waals surface area contributed by atoms with Gasteiger partial charge < -0.3 is 9.84 Å². The number of likely N-dealkylation sites (tertiary alicyclic amines) is 1. The van der Waals surface area contributed by atoms with Crippen LogP contribution in [0.25, 0.3) is 0 Å². The van der Waals surface area contributed by atoms with E-state index in [9.17, 15) is 19.5 Å². The molecule has 2 aromatic carbocycles. The van der Waals surface area contributed by atoms with Gasteiger partial charge in [-0.1, -0.05) is 42.5 Å². The van der Waals surface area contributed by atoms with Gasteiger partial charge in [-0.05, 0) is 49.1 Å². The number of para-hydroxylation sites is 1. The van der Waals surface area contributed by atoms with Crippen molar-refractivity contribution < 1.29 is 24.2 Å². The van der Waals surface area contributed by atoms with Crippen LogP contribution in [0, 0.1) is 5.92 Å². The van der Waals surface area contributed by atoms with Crippen molar-refractivity contribution in [1.82, 2.24) is 4.90 Å². The summed E-state index contributed by atoms with van der Waals surface area (Å²) in [6.45, 7) is 3.58. The molecule has 7 heteroatoms. The number of hydrogen-bond donors (Lipinski definition) is 1. The maximum absolute atomic E-state index is 13.0. The average Bonchev–Trinajstić information content (AvgIpc) is 3.36. The van der Waals surface area contributed by atoms with Gasteiger partial charge >= 0.3 is 6.09 Å². The summed E-state index contributed by atoms with van der Waals surface area (Å²) in [4.78, 5) is 40.3. The minimum absolute atomic E-state index is 0.159. The molecule has 5 rings (SSSR count). The van der Waals surface area contributed by atoms with Gasteiger partial charge in [0, 0.05) is 17.2 Å². The number of amides is 3. The Bertz CT molecular complexity index is 1200. The molecule has 3 aliphatic rings. The number of fused-ring (bicyclic) bond motifs is 3. The summed E-state index contributed by atoms with van der Waals surface area (Å²) in [7, 11) is 0. The van der Waals surface area contributed by atoms with Gasteiger partial charge in [-0.15, -0.1) is 0 Å². The van der Waals surface area contributed by atoms with Crippen LogP contribution in [0.4, 0.5) is 10.5 Å². The Labute approximate surface area is 185 Å². The molecule has 3 atom stereocenters. The van der Waals surface area contributed by atoms with E-state index in [-0.39, 0.29) is 11.8 Å². The molecule has 1 N–H and O–H groups in total. The number of imide groups is 1. The van der Waals surface area contributed by atoms with Crippen LogP contribution in [0.2, 0.25) is 0 Å². The van der Waals surface area contributed by atoms with E-state index in [1.165, 1.54) is 6.26 Å². The standard InChI is InChI=1S/C25H22N2O5/c1-14-15(2)24(26(22(14)28)17-9-4-3-5-10-17)32-13-20-19-12-16-8-6-7-11-18(16)21(19)27(23(20)29)25(30)31/h3-11,13,19,21,24H,12H2,1-2H3,(H,30,31)/b20-13+. The Hall–Kier alpha value is -3.87. The first-order valence-electron chi connectivity index (χ1n) is 10.5. The molecule has 162 valence electrons. The molecule has 0 spiro atoms. The highest BCUT2D eigenvalue weighted by Gasteiger charge is 2.52. The topological polar surface area (TPSA) is 87.2 Å². The molecule has 0 saturated carbocycles. The fourth-order valence-electron chi connectivity index (χ4n) is 4.92. The summed E-state index contributed by atoms with van der Waals surface area (Å²) >= 11 is 0. The molecule has 1 aliphatic carbocycles. The van der Waals surface area contributed by atoms with Gasteiger partial charge in [-0.3, -0.25) is 14.5 Å². The molecular formula is C25H22N2O5. The second-order valence-corrected chi connectivity index (χ2v) is 8.29. The third-order valence-corrected chi connectivity index (χ3v) is 6.64. The number of carbonyl (C=O) groups excluding carboxylic acids is 2. The van der Waals surface area contributed by atoms with E-state index < -0.39 is 24.3 Å². The number of rotatable bonds is 3. The fourth-order valence-corrected chi connectivity index (χ4v) is 4.92. The third kappa shape index (κ3) is 2.85. The van der Waals surface area contributed by atoms with E-state index >= 15 is 0 Å². The molecule has 0 radical (unpaired) electrons. The van der Waals surface area contributed by atoms with Gasteiger partial charge in [0.25, 0.3) is 11.8 Å². The minimum atomic E-state index is -1.28. The van der Waals surface area contributed by atoms with E-state index in [0.29, 0.717) is 23.3 Å². The minimum Gasteiger partial charge on any atom is -0.473 e. The first-order valence-corrected chi connectivity index (χ1v) is 10.5. The van der Waals surface area contributed by atoms with Crippen molar-refractivity contribution in [3.63, 3.8) is 0 Å². The van der Waals surface area contributed by atoms with E-state index in [4.69, 9.17) is 4.74 Å². The predicted molar refractivity (Wildman–Crippen MR) is 117 cm³/mol. The zero-order valence-electron chi connectivity index (χ0n) is 17.7. The van der Waals surface area contributed by atoms with E-state index in [0.717, 1.165) is 21.6 Å². The smallest absolute Gasteiger partial charge is 0.414 e. The van der Waals surface area contributed by atoms with Crippen LogP contribution in [-0.4, -0.2) is 34.1 Å². The monoisotopic (exact) mass is 430 g/mol. The molecule has 32 heavy (non-hydrogen) atoms. The summed E-state index contributed by atoms with van der Waals surface area (Å²) in [6.07, 6.45) is -0.0544. The van der Waals surface area contributed by atoms with Crippen molar-refractivity contribution in [3.05, 3.63) is 88.7 Å². The Morgan fingerprint density at radius 1 is 1.03 bits per heavy atom. The quantitative estimate of drug-likeness (QED) is 0.587. The second kappa shape index (κ2) is 7.37. The number of carbonyl (C=O) groups is 3. The molecule has 1 fully saturated rings. The molecule has 3 amide bonds. The summed E-state index contributed by atoms with van der Waals surface area (Å²) in [5.74, 6) is -1.05. The fraction of sp³-hybridized carbons (Fsp3) is 0.240. The highest BCUT2D eigenvalue weighted by atomic mass is 16.5. The van der Waals surface area contributed by atoms with Crippen molar-refractivity contribution in [1.29, 1.82) is 0 Å². The highest BCUT2D eigenvalue weighted by molar-refractivity contribution is 6.09. The molecule has 1 saturated heterocycles. The maximum Gasteiger partial charge on any atom is 0.414 e. The molecule has 0 aromatic heterocycles. The zero-order chi connectivity index (χ0) is 22.6. The maximum atomic E-state index is 13.0. The molecule has 0 bridgehead atoms. The molecule has 7 nitrogen and oxygen atoms in total. The van der Waals surface area contributed by atoms with Crippen LogP contribution in [0.3, 0.4) is 0 Å². The lowest BCUT2D eigenvalue weighted by atomic mass is 9.97. The highest BCUT2D eigenvalue weighted by Crippen LogP contribution is 2.49. The number of carboxylic acid groups (broad SMARTS) is 1.